The highest BCUT2D eigenvalue weighted by atomic mass is 16.6. The minimum Gasteiger partial charge on any atom is -0.467 e. The molecule has 7 heteroatoms. The van der Waals surface area contributed by atoms with Gasteiger partial charge in [-0.05, 0) is 44.4 Å². The standard InChI is InChI=1S/C20H36N2O5/c1-12(2)13-10-14(17(24)26-9)22(11-13)16(23)15(19(3,4)5)21-18(25)27-20(6,7)8/h12-15H,10-11H2,1-9H3,(H,21,25)/t13-,14+,15-/m1/s1. The number of ether oxygens (including phenoxy) is 2. The van der Waals surface area contributed by atoms with Crippen molar-refractivity contribution in [1.82, 2.24) is 10.2 Å². The van der Waals surface area contributed by atoms with Crippen molar-refractivity contribution >= 4 is 18.0 Å². The van der Waals surface area contributed by atoms with Crippen LogP contribution in [0.1, 0.15) is 61.8 Å². The average molecular weight is 385 g/mol. The van der Waals surface area contributed by atoms with E-state index in [4.69, 9.17) is 9.47 Å². The molecule has 0 spiro atoms. The van der Waals surface area contributed by atoms with Gasteiger partial charge in [-0.3, -0.25) is 4.79 Å². The Morgan fingerprint density at radius 1 is 1.07 bits per heavy atom. The summed E-state index contributed by atoms with van der Waals surface area (Å²) in [6.45, 7) is 15.5. The molecule has 0 aromatic carbocycles. The Morgan fingerprint density at radius 2 is 1.63 bits per heavy atom. The number of esters is 1. The topological polar surface area (TPSA) is 84.9 Å². The van der Waals surface area contributed by atoms with Gasteiger partial charge in [0.15, 0.2) is 0 Å². The molecule has 0 aromatic heterocycles. The fourth-order valence-electron chi connectivity index (χ4n) is 3.19. The van der Waals surface area contributed by atoms with E-state index in [0.717, 1.165) is 0 Å². The van der Waals surface area contributed by atoms with Crippen molar-refractivity contribution in [2.75, 3.05) is 13.7 Å². The lowest BCUT2D eigenvalue weighted by Gasteiger charge is -2.35. The Labute approximate surface area is 163 Å². The first-order valence-corrected chi connectivity index (χ1v) is 9.55. The average Bonchev–Trinajstić information content (AvgIpc) is 2.93. The second kappa shape index (κ2) is 8.48. The quantitative estimate of drug-likeness (QED) is 0.753. The van der Waals surface area contributed by atoms with Gasteiger partial charge < -0.3 is 19.7 Å². The highest BCUT2D eigenvalue weighted by Crippen LogP contribution is 2.32. The van der Waals surface area contributed by atoms with Gasteiger partial charge in [0.1, 0.15) is 17.7 Å². The molecule has 1 aliphatic heterocycles. The summed E-state index contributed by atoms with van der Waals surface area (Å²) in [5.41, 5.74) is -1.22. The second-order valence-electron chi connectivity index (χ2n) is 9.71. The third-order valence-corrected chi connectivity index (χ3v) is 4.81. The number of likely N-dealkylation sites (tertiary alicyclic amines) is 1. The predicted molar refractivity (Wildman–Crippen MR) is 103 cm³/mol. The van der Waals surface area contributed by atoms with E-state index in [1.165, 1.54) is 7.11 Å². The number of nitrogens with one attached hydrogen (secondary N) is 1. The van der Waals surface area contributed by atoms with Crippen LogP contribution in [0.2, 0.25) is 0 Å². The van der Waals surface area contributed by atoms with Crippen LogP contribution >= 0.6 is 0 Å². The third kappa shape index (κ3) is 6.40. The molecular formula is C20H36N2O5. The number of nitrogens with zero attached hydrogens (tertiary/aromatic N) is 1. The first-order chi connectivity index (χ1) is 12.2. The number of hydrogen-bond acceptors (Lipinski definition) is 5. The SMILES string of the molecule is COC(=O)[C@@H]1C[C@@H](C(C)C)CN1C(=O)[C@@H](NC(=O)OC(C)(C)C)C(C)(C)C. The summed E-state index contributed by atoms with van der Waals surface area (Å²) in [6.07, 6.45) is -0.0793. The Morgan fingerprint density at radius 3 is 2.04 bits per heavy atom. The maximum absolute atomic E-state index is 13.3. The molecule has 0 aliphatic carbocycles. The molecule has 0 unspecified atom stereocenters. The molecule has 1 heterocycles. The van der Waals surface area contributed by atoms with Crippen LogP contribution in [-0.4, -0.2) is 54.2 Å². The molecule has 1 saturated heterocycles. The number of rotatable bonds is 4. The van der Waals surface area contributed by atoms with Gasteiger partial charge >= 0.3 is 12.1 Å². The predicted octanol–water partition coefficient (Wildman–Crippen LogP) is 2.97. The van der Waals surface area contributed by atoms with Crippen LogP contribution in [-0.2, 0) is 19.1 Å². The first-order valence-electron chi connectivity index (χ1n) is 9.55. The van der Waals surface area contributed by atoms with E-state index in [2.05, 4.69) is 19.2 Å². The monoisotopic (exact) mass is 384 g/mol. The van der Waals surface area contributed by atoms with E-state index in [1.54, 1.807) is 25.7 Å². The summed E-state index contributed by atoms with van der Waals surface area (Å²) in [5.74, 6) is -0.162. The van der Waals surface area contributed by atoms with Gasteiger partial charge in [-0.2, -0.15) is 0 Å². The van der Waals surface area contributed by atoms with Crippen LogP contribution in [0.15, 0.2) is 0 Å². The molecule has 7 nitrogen and oxygen atoms in total. The fraction of sp³-hybridized carbons (Fsp3) is 0.850. The lowest BCUT2D eigenvalue weighted by molar-refractivity contribution is -0.152. The van der Waals surface area contributed by atoms with Crippen LogP contribution in [0, 0.1) is 17.3 Å². The summed E-state index contributed by atoms with van der Waals surface area (Å²) in [4.78, 5) is 39.4. The molecule has 1 aliphatic rings. The van der Waals surface area contributed by atoms with Crippen LogP contribution in [0.4, 0.5) is 4.79 Å². The molecule has 2 amide bonds. The van der Waals surface area contributed by atoms with Crippen molar-refractivity contribution < 1.29 is 23.9 Å². The molecule has 0 aromatic rings. The van der Waals surface area contributed by atoms with Crippen LogP contribution in [0.5, 0.6) is 0 Å². The van der Waals surface area contributed by atoms with Gasteiger partial charge in [-0.1, -0.05) is 34.6 Å². The minimum atomic E-state index is -0.814. The maximum Gasteiger partial charge on any atom is 0.408 e. The van der Waals surface area contributed by atoms with E-state index in [0.29, 0.717) is 18.9 Å². The molecule has 1 N–H and O–H groups in total. The number of carbonyl (C=O) groups is 3. The second-order valence-corrected chi connectivity index (χ2v) is 9.71. The van der Waals surface area contributed by atoms with Gasteiger partial charge in [0, 0.05) is 6.54 Å². The Hall–Kier alpha value is -1.79. The summed E-state index contributed by atoms with van der Waals surface area (Å²) < 4.78 is 10.2. The Bertz CT molecular complexity index is 560. The summed E-state index contributed by atoms with van der Waals surface area (Å²) in [7, 11) is 1.33. The van der Waals surface area contributed by atoms with E-state index in [-0.39, 0.29) is 11.8 Å². The smallest absolute Gasteiger partial charge is 0.408 e. The Balaban J connectivity index is 3.08. The van der Waals surface area contributed by atoms with E-state index in [9.17, 15) is 14.4 Å². The summed E-state index contributed by atoms with van der Waals surface area (Å²) in [6, 6.07) is -1.44. The molecular weight excluding hydrogens is 348 g/mol. The van der Waals surface area contributed by atoms with Gasteiger partial charge in [-0.15, -0.1) is 0 Å². The zero-order valence-corrected chi connectivity index (χ0v) is 18.2. The van der Waals surface area contributed by atoms with Crippen LogP contribution in [0.3, 0.4) is 0 Å². The highest BCUT2D eigenvalue weighted by molar-refractivity contribution is 5.90. The lowest BCUT2D eigenvalue weighted by Crippen LogP contribution is -2.57. The normalized spacial score (nSPS) is 21.8. The summed E-state index contributed by atoms with van der Waals surface area (Å²) >= 11 is 0. The van der Waals surface area contributed by atoms with Gasteiger partial charge in [0.25, 0.3) is 0 Å². The van der Waals surface area contributed by atoms with Crippen molar-refractivity contribution in [2.45, 2.75) is 79.5 Å². The molecule has 1 fully saturated rings. The minimum absolute atomic E-state index is 0.209. The molecule has 0 radical (unpaired) electrons. The third-order valence-electron chi connectivity index (χ3n) is 4.81. The van der Waals surface area contributed by atoms with Crippen molar-refractivity contribution in [3.63, 3.8) is 0 Å². The lowest BCUT2D eigenvalue weighted by atomic mass is 9.85. The number of methoxy groups -OCH3 is 1. The van der Waals surface area contributed by atoms with E-state index >= 15 is 0 Å². The number of amides is 2. The van der Waals surface area contributed by atoms with Gasteiger partial charge in [0.05, 0.1) is 7.11 Å². The van der Waals surface area contributed by atoms with E-state index in [1.807, 2.05) is 20.8 Å². The molecule has 0 bridgehead atoms. The number of hydrogen-bond donors (Lipinski definition) is 1. The molecule has 1 rings (SSSR count). The molecule has 156 valence electrons. The van der Waals surface area contributed by atoms with Gasteiger partial charge in [0.2, 0.25) is 5.91 Å². The number of carbonyl (C=O) groups excluding carboxylic acids is 3. The van der Waals surface area contributed by atoms with Crippen molar-refractivity contribution in [3.05, 3.63) is 0 Å². The maximum atomic E-state index is 13.3. The fourth-order valence-corrected chi connectivity index (χ4v) is 3.19. The van der Waals surface area contributed by atoms with Crippen LogP contribution in [0.25, 0.3) is 0 Å². The zero-order valence-electron chi connectivity index (χ0n) is 18.2. The van der Waals surface area contributed by atoms with Crippen LogP contribution < -0.4 is 5.32 Å². The highest BCUT2D eigenvalue weighted by Gasteiger charge is 2.46. The Kier molecular flexibility index (Phi) is 7.30. The molecule has 0 saturated carbocycles. The molecule has 27 heavy (non-hydrogen) atoms. The summed E-state index contributed by atoms with van der Waals surface area (Å²) in [5, 5.41) is 2.71. The van der Waals surface area contributed by atoms with E-state index < -0.39 is 35.2 Å². The zero-order chi connectivity index (χ0) is 21.2. The largest absolute Gasteiger partial charge is 0.467 e. The first kappa shape index (κ1) is 23.2. The molecule has 3 atom stereocenters. The van der Waals surface area contributed by atoms with Crippen molar-refractivity contribution in [1.29, 1.82) is 0 Å². The van der Waals surface area contributed by atoms with Crippen molar-refractivity contribution in [3.8, 4) is 0 Å². The number of alkyl carbamates (subject to hydrolysis) is 1. The van der Waals surface area contributed by atoms with Gasteiger partial charge in [-0.25, -0.2) is 9.59 Å². The van der Waals surface area contributed by atoms with Crippen molar-refractivity contribution in [2.24, 2.45) is 17.3 Å².